The molecule has 102 valence electrons. The van der Waals surface area contributed by atoms with Crippen LogP contribution >= 0.6 is 0 Å². The van der Waals surface area contributed by atoms with E-state index in [0.29, 0.717) is 12.6 Å². The van der Waals surface area contributed by atoms with Crippen LogP contribution in [0.15, 0.2) is 0 Å². The summed E-state index contributed by atoms with van der Waals surface area (Å²) in [5, 5.41) is 3.17. The van der Waals surface area contributed by atoms with E-state index in [1.807, 2.05) is 4.90 Å². The van der Waals surface area contributed by atoms with Gasteiger partial charge in [-0.1, -0.05) is 0 Å². The molecule has 2 saturated heterocycles. The van der Waals surface area contributed by atoms with Crippen LogP contribution in [0.3, 0.4) is 0 Å². The monoisotopic (exact) mass is 254 g/mol. The highest BCUT2D eigenvalue weighted by atomic mass is 16.5. The highest BCUT2D eigenvalue weighted by Crippen LogP contribution is 2.29. The molecule has 2 heterocycles. The smallest absolute Gasteiger partial charge is 0.249 e. The molecule has 5 nitrogen and oxygen atoms in total. The minimum absolute atomic E-state index is 0.128. The zero-order valence-corrected chi connectivity index (χ0v) is 11.0. The molecule has 18 heavy (non-hydrogen) atoms. The number of hydrogen-bond donors (Lipinski definition) is 1. The Kier molecular flexibility index (Phi) is 3.30. The van der Waals surface area contributed by atoms with Gasteiger partial charge in [0.1, 0.15) is 6.61 Å². The summed E-state index contributed by atoms with van der Waals surface area (Å²) in [4.78, 5) is 14.2. The second-order valence-electron chi connectivity index (χ2n) is 5.84. The third-order valence-electron chi connectivity index (χ3n) is 4.34. The Bertz CT molecular complexity index is 330. The molecule has 1 N–H and O–H groups in total. The number of amides is 1. The molecule has 2 atom stereocenters. The maximum atomic E-state index is 12.3. The van der Waals surface area contributed by atoms with Crippen LogP contribution in [0.5, 0.6) is 0 Å². The molecule has 2 aliphatic heterocycles. The predicted molar refractivity (Wildman–Crippen MR) is 66.3 cm³/mol. The Morgan fingerprint density at radius 3 is 3.06 bits per heavy atom. The van der Waals surface area contributed by atoms with Crippen LogP contribution in [0, 0.1) is 0 Å². The van der Waals surface area contributed by atoms with E-state index in [4.69, 9.17) is 9.47 Å². The Morgan fingerprint density at radius 1 is 1.50 bits per heavy atom. The number of rotatable bonds is 3. The third kappa shape index (κ3) is 2.27. The third-order valence-corrected chi connectivity index (χ3v) is 4.34. The van der Waals surface area contributed by atoms with Crippen LogP contribution in [0.25, 0.3) is 0 Å². The van der Waals surface area contributed by atoms with E-state index in [2.05, 4.69) is 12.2 Å². The predicted octanol–water partition coefficient (Wildman–Crippen LogP) is 0.145. The number of carbonyl (C=O) groups excluding carboxylic acids is 1. The van der Waals surface area contributed by atoms with Crippen molar-refractivity contribution in [2.75, 3.05) is 32.8 Å². The largest absolute Gasteiger partial charge is 0.374 e. The van der Waals surface area contributed by atoms with E-state index in [1.165, 1.54) is 6.42 Å². The van der Waals surface area contributed by atoms with Crippen molar-refractivity contribution in [3.63, 3.8) is 0 Å². The average molecular weight is 254 g/mol. The highest BCUT2D eigenvalue weighted by molar-refractivity contribution is 5.78. The number of morpholine rings is 1. The van der Waals surface area contributed by atoms with E-state index >= 15 is 0 Å². The van der Waals surface area contributed by atoms with Crippen molar-refractivity contribution >= 4 is 5.91 Å². The fourth-order valence-electron chi connectivity index (χ4n) is 3.13. The minimum Gasteiger partial charge on any atom is -0.374 e. The van der Waals surface area contributed by atoms with Gasteiger partial charge in [0, 0.05) is 19.6 Å². The SMILES string of the molecule is CC1(OCC(=O)N2CCOC3CCCC32)CNC1. The lowest BCUT2D eigenvalue weighted by Crippen LogP contribution is -2.60. The van der Waals surface area contributed by atoms with Crippen LogP contribution in [-0.4, -0.2) is 61.4 Å². The summed E-state index contributed by atoms with van der Waals surface area (Å²) in [5.41, 5.74) is -0.142. The molecule has 1 aliphatic carbocycles. The number of nitrogens with zero attached hydrogens (tertiary/aromatic N) is 1. The van der Waals surface area contributed by atoms with Gasteiger partial charge in [-0.25, -0.2) is 0 Å². The van der Waals surface area contributed by atoms with Crippen molar-refractivity contribution < 1.29 is 14.3 Å². The lowest BCUT2D eigenvalue weighted by molar-refractivity contribution is -0.157. The van der Waals surface area contributed by atoms with Gasteiger partial charge in [0.15, 0.2) is 0 Å². The summed E-state index contributed by atoms with van der Waals surface area (Å²) in [5.74, 6) is 0.128. The first kappa shape index (κ1) is 12.4. The molecule has 0 bridgehead atoms. The Balaban J connectivity index is 1.54. The van der Waals surface area contributed by atoms with Gasteiger partial charge < -0.3 is 19.7 Å². The minimum atomic E-state index is -0.142. The van der Waals surface area contributed by atoms with Crippen molar-refractivity contribution in [1.29, 1.82) is 0 Å². The van der Waals surface area contributed by atoms with Gasteiger partial charge in [0.2, 0.25) is 5.91 Å². The number of fused-ring (bicyclic) bond motifs is 1. The summed E-state index contributed by atoms with van der Waals surface area (Å²) < 4.78 is 11.4. The quantitative estimate of drug-likeness (QED) is 0.778. The lowest BCUT2D eigenvalue weighted by atomic mass is 10.0. The van der Waals surface area contributed by atoms with Gasteiger partial charge >= 0.3 is 0 Å². The van der Waals surface area contributed by atoms with Crippen LogP contribution in [-0.2, 0) is 14.3 Å². The van der Waals surface area contributed by atoms with Crippen molar-refractivity contribution in [1.82, 2.24) is 10.2 Å². The molecule has 3 aliphatic rings. The van der Waals surface area contributed by atoms with Gasteiger partial charge in [-0.2, -0.15) is 0 Å². The lowest BCUT2D eigenvalue weighted by Gasteiger charge is -2.41. The van der Waals surface area contributed by atoms with Crippen LogP contribution < -0.4 is 5.32 Å². The number of nitrogens with one attached hydrogen (secondary N) is 1. The zero-order valence-electron chi connectivity index (χ0n) is 11.0. The van der Waals surface area contributed by atoms with E-state index < -0.39 is 0 Å². The molecular weight excluding hydrogens is 232 g/mol. The maximum Gasteiger partial charge on any atom is 0.249 e. The first-order valence-electron chi connectivity index (χ1n) is 6.94. The van der Waals surface area contributed by atoms with Gasteiger partial charge in [0.05, 0.1) is 24.4 Å². The Morgan fingerprint density at radius 2 is 2.33 bits per heavy atom. The molecule has 0 aromatic carbocycles. The second-order valence-corrected chi connectivity index (χ2v) is 5.84. The molecular formula is C13H22N2O3. The van der Waals surface area contributed by atoms with E-state index in [0.717, 1.165) is 32.5 Å². The van der Waals surface area contributed by atoms with Gasteiger partial charge in [-0.05, 0) is 26.2 Å². The molecule has 3 fully saturated rings. The first-order valence-corrected chi connectivity index (χ1v) is 6.94. The van der Waals surface area contributed by atoms with Crippen molar-refractivity contribution in [2.45, 2.75) is 43.9 Å². The molecule has 3 rings (SSSR count). The fraction of sp³-hybridized carbons (Fsp3) is 0.923. The van der Waals surface area contributed by atoms with Crippen LogP contribution in [0.2, 0.25) is 0 Å². The highest BCUT2D eigenvalue weighted by Gasteiger charge is 2.39. The summed E-state index contributed by atoms with van der Waals surface area (Å²) in [6.07, 6.45) is 3.61. The van der Waals surface area contributed by atoms with E-state index in [-0.39, 0.29) is 24.2 Å². The van der Waals surface area contributed by atoms with Gasteiger partial charge in [0.25, 0.3) is 0 Å². The fourth-order valence-corrected chi connectivity index (χ4v) is 3.13. The van der Waals surface area contributed by atoms with Crippen molar-refractivity contribution in [2.24, 2.45) is 0 Å². The zero-order chi connectivity index (χ0) is 12.6. The maximum absolute atomic E-state index is 12.3. The number of ether oxygens (including phenoxy) is 2. The molecule has 1 saturated carbocycles. The van der Waals surface area contributed by atoms with Crippen LogP contribution in [0.1, 0.15) is 26.2 Å². The van der Waals surface area contributed by atoms with E-state index in [1.54, 1.807) is 0 Å². The molecule has 0 aromatic heterocycles. The standard InChI is InChI=1S/C13H22N2O3/c1-13(8-14-9-13)18-7-12(16)15-5-6-17-11-4-2-3-10(11)15/h10-11,14H,2-9H2,1H3. The second kappa shape index (κ2) is 4.79. The number of hydrogen-bond acceptors (Lipinski definition) is 4. The first-order chi connectivity index (χ1) is 8.68. The summed E-state index contributed by atoms with van der Waals surface area (Å²) in [6, 6.07) is 0.294. The van der Waals surface area contributed by atoms with E-state index in [9.17, 15) is 4.79 Å². The van der Waals surface area contributed by atoms with Crippen LogP contribution in [0.4, 0.5) is 0 Å². The normalized spacial score (nSPS) is 33.9. The molecule has 5 heteroatoms. The molecule has 1 amide bonds. The topological polar surface area (TPSA) is 50.8 Å². The molecule has 0 aromatic rings. The van der Waals surface area contributed by atoms with Crippen molar-refractivity contribution in [3.05, 3.63) is 0 Å². The van der Waals surface area contributed by atoms with Gasteiger partial charge in [-0.3, -0.25) is 4.79 Å². The average Bonchev–Trinajstić information content (AvgIpc) is 2.81. The molecule has 0 spiro atoms. The molecule has 2 unspecified atom stereocenters. The summed E-state index contributed by atoms with van der Waals surface area (Å²) >= 11 is 0. The Labute approximate surface area is 108 Å². The number of carbonyl (C=O) groups is 1. The molecule has 0 radical (unpaired) electrons. The summed E-state index contributed by atoms with van der Waals surface area (Å²) in [6.45, 7) is 5.34. The van der Waals surface area contributed by atoms with Crippen molar-refractivity contribution in [3.8, 4) is 0 Å². The van der Waals surface area contributed by atoms with Gasteiger partial charge in [-0.15, -0.1) is 0 Å². The Hall–Kier alpha value is -0.650. The summed E-state index contributed by atoms with van der Waals surface area (Å²) in [7, 11) is 0.